The Morgan fingerprint density at radius 3 is 2.30 bits per heavy atom. The van der Waals surface area contributed by atoms with Crippen LogP contribution in [0.15, 0.2) is 36.4 Å². The van der Waals surface area contributed by atoms with E-state index in [9.17, 15) is 27.9 Å². The molecule has 0 bridgehead atoms. The van der Waals surface area contributed by atoms with Crippen molar-refractivity contribution in [1.82, 2.24) is 5.32 Å². The van der Waals surface area contributed by atoms with Crippen LogP contribution in [0.2, 0.25) is 0 Å². The quantitative estimate of drug-likeness (QED) is 0.701. The third-order valence-electron chi connectivity index (χ3n) is 5.46. The van der Waals surface area contributed by atoms with Crippen molar-refractivity contribution in [1.29, 1.82) is 0 Å². The number of carboxylic acids is 1. The van der Waals surface area contributed by atoms with Crippen LogP contribution in [-0.4, -0.2) is 35.8 Å². The highest BCUT2D eigenvalue weighted by molar-refractivity contribution is 6.05. The van der Waals surface area contributed by atoms with Gasteiger partial charge in [0.1, 0.15) is 23.8 Å². The summed E-state index contributed by atoms with van der Waals surface area (Å²) in [6.07, 6.45) is -4.43. The standard InChI is InChI=1S/C22H24F3NO4/c1-20(2,3)17(19(28)29)26-18(27)15-9-8-13-6-4-5-7-14(13)16(15)30-12-21(10-11-21)22(23,24)25/h4-9,17H,10-12H2,1-3H3,(H,26,27)(H,28,29). The molecule has 162 valence electrons. The van der Waals surface area contributed by atoms with Gasteiger partial charge in [0.15, 0.2) is 0 Å². The molecule has 5 nitrogen and oxygen atoms in total. The van der Waals surface area contributed by atoms with Gasteiger partial charge >= 0.3 is 12.1 Å². The van der Waals surface area contributed by atoms with Crippen LogP contribution in [0.1, 0.15) is 44.0 Å². The third-order valence-corrected chi connectivity index (χ3v) is 5.46. The Bertz CT molecular complexity index is 974. The van der Waals surface area contributed by atoms with Crippen LogP contribution in [0.3, 0.4) is 0 Å². The molecule has 3 rings (SSSR count). The minimum absolute atomic E-state index is 0.00201. The summed E-state index contributed by atoms with van der Waals surface area (Å²) in [7, 11) is 0. The number of ether oxygens (including phenoxy) is 1. The van der Waals surface area contributed by atoms with Crippen molar-refractivity contribution in [2.24, 2.45) is 10.8 Å². The average Bonchev–Trinajstić information content (AvgIpc) is 3.43. The van der Waals surface area contributed by atoms with Crippen LogP contribution in [0.4, 0.5) is 13.2 Å². The molecule has 8 heteroatoms. The van der Waals surface area contributed by atoms with Crippen LogP contribution in [-0.2, 0) is 4.79 Å². The number of amides is 1. The Kier molecular flexibility index (Phi) is 5.47. The molecule has 1 atom stereocenters. The minimum Gasteiger partial charge on any atom is -0.491 e. The van der Waals surface area contributed by atoms with Crippen LogP contribution >= 0.6 is 0 Å². The summed E-state index contributed by atoms with van der Waals surface area (Å²) in [4.78, 5) is 24.5. The number of benzene rings is 2. The van der Waals surface area contributed by atoms with Gasteiger partial charge in [0.2, 0.25) is 0 Å². The molecule has 2 aromatic rings. The second kappa shape index (κ2) is 7.49. The maximum atomic E-state index is 13.3. The first-order chi connectivity index (χ1) is 13.9. The number of hydrogen-bond donors (Lipinski definition) is 2. The van der Waals surface area contributed by atoms with Gasteiger partial charge in [-0.3, -0.25) is 4.79 Å². The molecule has 2 N–H and O–H groups in total. The molecule has 1 amide bonds. The fourth-order valence-corrected chi connectivity index (χ4v) is 3.31. The highest BCUT2D eigenvalue weighted by Crippen LogP contribution is 2.57. The summed E-state index contributed by atoms with van der Waals surface area (Å²) in [5, 5.41) is 13.2. The highest BCUT2D eigenvalue weighted by atomic mass is 19.4. The van der Waals surface area contributed by atoms with E-state index in [1.807, 2.05) is 0 Å². The number of nitrogens with one attached hydrogen (secondary N) is 1. The molecule has 0 aromatic heterocycles. The molecule has 1 aliphatic carbocycles. The van der Waals surface area contributed by atoms with E-state index in [4.69, 9.17) is 4.74 Å². The molecule has 0 radical (unpaired) electrons. The van der Waals surface area contributed by atoms with Crippen LogP contribution in [0.25, 0.3) is 10.8 Å². The summed E-state index contributed by atoms with van der Waals surface area (Å²) in [5.74, 6) is -1.89. The Morgan fingerprint density at radius 2 is 1.77 bits per heavy atom. The van der Waals surface area contributed by atoms with Crippen LogP contribution < -0.4 is 10.1 Å². The van der Waals surface area contributed by atoms with Gasteiger partial charge in [-0.15, -0.1) is 0 Å². The lowest BCUT2D eigenvalue weighted by Crippen LogP contribution is -2.49. The zero-order valence-electron chi connectivity index (χ0n) is 17.0. The maximum absolute atomic E-state index is 13.3. The molecule has 0 saturated heterocycles. The number of halogens is 3. The van der Waals surface area contributed by atoms with Crippen molar-refractivity contribution in [2.75, 3.05) is 6.61 Å². The summed E-state index contributed by atoms with van der Waals surface area (Å²) in [5.41, 5.74) is -2.66. The zero-order chi connectivity index (χ0) is 22.3. The minimum atomic E-state index is -4.39. The van der Waals surface area contributed by atoms with Gasteiger partial charge in [-0.05, 0) is 29.7 Å². The number of fused-ring (bicyclic) bond motifs is 1. The normalized spacial score (nSPS) is 16.7. The number of hydrogen-bond acceptors (Lipinski definition) is 3. The fourth-order valence-electron chi connectivity index (χ4n) is 3.31. The lowest BCUT2D eigenvalue weighted by Gasteiger charge is -2.28. The van der Waals surface area contributed by atoms with Gasteiger partial charge in [-0.2, -0.15) is 13.2 Å². The van der Waals surface area contributed by atoms with E-state index in [-0.39, 0.29) is 24.2 Å². The van der Waals surface area contributed by atoms with E-state index in [1.165, 1.54) is 6.07 Å². The van der Waals surface area contributed by atoms with Crippen molar-refractivity contribution in [3.63, 3.8) is 0 Å². The predicted molar refractivity (Wildman–Crippen MR) is 106 cm³/mol. The third kappa shape index (κ3) is 4.22. The Morgan fingerprint density at radius 1 is 1.13 bits per heavy atom. The summed E-state index contributed by atoms with van der Waals surface area (Å²) in [6, 6.07) is 8.80. The van der Waals surface area contributed by atoms with E-state index < -0.39 is 41.5 Å². The molecule has 2 aromatic carbocycles. The van der Waals surface area contributed by atoms with Gasteiger partial charge in [0.05, 0.1) is 5.56 Å². The number of carboxylic acid groups (broad SMARTS) is 1. The largest absolute Gasteiger partial charge is 0.491 e. The average molecular weight is 423 g/mol. The molecule has 1 saturated carbocycles. The fraction of sp³-hybridized carbons (Fsp3) is 0.455. The smallest absolute Gasteiger partial charge is 0.397 e. The number of alkyl halides is 3. The van der Waals surface area contributed by atoms with Crippen molar-refractivity contribution >= 4 is 22.6 Å². The zero-order valence-corrected chi connectivity index (χ0v) is 17.0. The van der Waals surface area contributed by atoms with Gasteiger partial charge < -0.3 is 15.2 Å². The van der Waals surface area contributed by atoms with Gasteiger partial charge in [-0.1, -0.05) is 51.1 Å². The lowest BCUT2D eigenvalue weighted by atomic mass is 9.86. The van der Waals surface area contributed by atoms with Crippen molar-refractivity contribution < 1.29 is 32.6 Å². The summed E-state index contributed by atoms with van der Waals surface area (Å²) in [6.45, 7) is 4.42. The van der Waals surface area contributed by atoms with Gasteiger partial charge in [-0.25, -0.2) is 4.79 Å². The van der Waals surface area contributed by atoms with Gasteiger partial charge in [0.25, 0.3) is 5.91 Å². The van der Waals surface area contributed by atoms with Crippen LogP contribution in [0.5, 0.6) is 5.75 Å². The first-order valence-electron chi connectivity index (χ1n) is 9.61. The Balaban J connectivity index is 1.97. The second-order valence-electron chi connectivity index (χ2n) is 8.84. The summed E-state index contributed by atoms with van der Waals surface area (Å²) < 4.78 is 45.6. The molecule has 0 aliphatic heterocycles. The van der Waals surface area contributed by atoms with Gasteiger partial charge in [0, 0.05) is 5.39 Å². The highest BCUT2D eigenvalue weighted by Gasteiger charge is 2.64. The maximum Gasteiger partial charge on any atom is 0.397 e. The second-order valence-corrected chi connectivity index (χ2v) is 8.84. The summed E-state index contributed by atoms with van der Waals surface area (Å²) >= 11 is 0. The Labute approximate surface area is 172 Å². The Hall–Kier alpha value is -2.77. The molecule has 1 unspecified atom stereocenters. The number of aliphatic carboxylic acids is 1. The van der Waals surface area contributed by atoms with E-state index in [1.54, 1.807) is 51.1 Å². The number of rotatable bonds is 6. The topological polar surface area (TPSA) is 75.6 Å². The SMILES string of the molecule is CC(C)(C)C(NC(=O)c1ccc2ccccc2c1OCC1(C(F)(F)F)CC1)C(=O)O. The van der Waals surface area contributed by atoms with E-state index in [2.05, 4.69) is 5.32 Å². The monoisotopic (exact) mass is 423 g/mol. The van der Waals surface area contributed by atoms with Crippen molar-refractivity contribution in [3.05, 3.63) is 42.0 Å². The van der Waals surface area contributed by atoms with Crippen LogP contribution in [0, 0.1) is 10.8 Å². The number of carbonyl (C=O) groups excluding carboxylic acids is 1. The molecule has 1 fully saturated rings. The molecule has 0 spiro atoms. The van der Waals surface area contributed by atoms with E-state index in [0.29, 0.717) is 10.8 Å². The molecular formula is C22H24F3NO4. The molecular weight excluding hydrogens is 399 g/mol. The molecule has 0 heterocycles. The van der Waals surface area contributed by atoms with Crippen molar-refractivity contribution in [3.8, 4) is 5.75 Å². The first-order valence-corrected chi connectivity index (χ1v) is 9.61. The molecule has 30 heavy (non-hydrogen) atoms. The van der Waals surface area contributed by atoms with E-state index in [0.717, 1.165) is 0 Å². The first kappa shape index (κ1) is 21.9. The molecule has 1 aliphatic rings. The number of carbonyl (C=O) groups is 2. The van der Waals surface area contributed by atoms with Crippen molar-refractivity contribution in [2.45, 2.75) is 45.8 Å². The lowest BCUT2D eigenvalue weighted by molar-refractivity contribution is -0.194. The predicted octanol–water partition coefficient (Wildman–Crippen LogP) is 4.79. The van der Waals surface area contributed by atoms with E-state index >= 15 is 0 Å².